The fraction of sp³-hybridized carbons (Fsp3) is 0.391. The van der Waals surface area contributed by atoms with E-state index in [0.717, 1.165) is 72.4 Å². The Kier molecular flexibility index (Phi) is 8.16. The van der Waals surface area contributed by atoms with E-state index in [9.17, 15) is 14.7 Å². The van der Waals surface area contributed by atoms with Crippen molar-refractivity contribution in [2.24, 2.45) is 0 Å². The second kappa shape index (κ2) is 11.0. The Labute approximate surface area is 180 Å². The number of amides is 1. The summed E-state index contributed by atoms with van der Waals surface area (Å²) in [5, 5.41) is 22.7. The van der Waals surface area contributed by atoms with E-state index in [1.165, 1.54) is 0 Å². The topological polar surface area (TPSA) is 95.9 Å². The van der Waals surface area contributed by atoms with Crippen LogP contribution < -0.4 is 10.1 Å². The van der Waals surface area contributed by atoms with Gasteiger partial charge in [0.1, 0.15) is 5.75 Å². The van der Waals surface area contributed by atoms with Crippen LogP contribution in [0.25, 0.3) is 16.8 Å². The maximum atomic E-state index is 11.9. The number of carbonyl (C=O) groups is 2. The van der Waals surface area contributed by atoms with E-state index in [0.29, 0.717) is 11.5 Å². The van der Waals surface area contributed by atoms with Gasteiger partial charge in [-0.3, -0.25) is 9.59 Å². The fourth-order valence-corrected chi connectivity index (χ4v) is 4.21. The Balaban J connectivity index is 1.54. The number of nitrogens with one attached hydrogen (secondary N) is 1. The van der Waals surface area contributed by atoms with E-state index in [-0.39, 0.29) is 12.3 Å². The molecule has 3 rings (SSSR count). The molecule has 7 heteroatoms. The van der Waals surface area contributed by atoms with E-state index in [1.54, 1.807) is 6.08 Å². The van der Waals surface area contributed by atoms with Crippen molar-refractivity contribution in [3.63, 3.8) is 0 Å². The first-order chi connectivity index (χ1) is 14.5. The third-order valence-corrected chi connectivity index (χ3v) is 5.86. The van der Waals surface area contributed by atoms with E-state index in [4.69, 9.17) is 9.84 Å². The highest BCUT2D eigenvalue weighted by molar-refractivity contribution is 8.05. The molecule has 1 saturated heterocycles. The molecule has 1 heterocycles. The first-order valence-corrected chi connectivity index (χ1v) is 11.2. The molecule has 0 spiro atoms. The van der Waals surface area contributed by atoms with Crippen molar-refractivity contribution in [3.8, 4) is 5.75 Å². The summed E-state index contributed by atoms with van der Waals surface area (Å²) >= 11 is 1.10. The molecule has 3 N–H and O–H groups in total. The van der Waals surface area contributed by atoms with Gasteiger partial charge in [0.15, 0.2) is 5.56 Å². The lowest BCUT2D eigenvalue weighted by Gasteiger charge is -2.11. The van der Waals surface area contributed by atoms with Crippen LogP contribution in [0.5, 0.6) is 5.75 Å². The van der Waals surface area contributed by atoms with Crippen molar-refractivity contribution in [2.75, 3.05) is 6.61 Å². The fourth-order valence-electron chi connectivity index (χ4n) is 3.44. The Morgan fingerprint density at radius 1 is 1.03 bits per heavy atom. The van der Waals surface area contributed by atoms with Gasteiger partial charge in [0.05, 0.1) is 11.5 Å². The lowest BCUT2D eigenvalue weighted by Crippen LogP contribution is -2.23. The Morgan fingerprint density at radius 3 is 2.43 bits per heavy atom. The maximum absolute atomic E-state index is 11.9. The molecule has 2 aromatic carbocycles. The van der Waals surface area contributed by atoms with Gasteiger partial charge >= 0.3 is 5.97 Å². The van der Waals surface area contributed by atoms with Gasteiger partial charge in [0, 0.05) is 11.8 Å². The van der Waals surface area contributed by atoms with Gasteiger partial charge in [-0.15, -0.1) is 0 Å². The van der Waals surface area contributed by atoms with Gasteiger partial charge in [0.2, 0.25) is 0 Å². The minimum atomic E-state index is -0.894. The molecule has 0 aliphatic carbocycles. The van der Waals surface area contributed by atoms with Crippen molar-refractivity contribution in [1.82, 2.24) is 5.32 Å². The molecule has 1 aliphatic heterocycles. The molecule has 0 saturated carbocycles. The number of ether oxygens (including phenoxy) is 1. The number of aliphatic hydroxyl groups excluding tert-OH is 1. The van der Waals surface area contributed by atoms with Gasteiger partial charge in [-0.25, -0.2) is 0 Å². The highest BCUT2D eigenvalue weighted by Crippen LogP contribution is 2.33. The number of hydrogen-bond acceptors (Lipinski definition) is 5. The third-order valence-electron chi connectivity index (χ3n) is 4.96. The summed E-state index contributed by atoms with van der Waals surface area (Å²) in [5.41, 5.74) is 0.0147. The van der Waals surface area contributed by atoms with E-state index >= 15 is 0 Å². The van der Waals surface area contributed by atoms with Crippen LogP contribution in [0.3, 0.4) is 0 Å². The molecule has 1 atom stereocenters. The Bertz CT molecular complexity index is 927. The highest BCUT2D eigenvalue weighted by atomic mass is 32.2. The van der Waals surface area contributed by atoms with Gasteiger partial charge in [0.25, 0.3) is 5.91 Å². The van der Waals surface area contributed by atoms with Crippen LogP contribution in [0.15, 0.2) is 41.3 Å². The summed E-state index contributed by atoms with van der Waals surface area (Å²) in [6, 6.07) is 11.8. The predicted octanol–water partition coefficient (Wildman–Crippen LogP) is 4.51. The highest BCUT2D eigenvalue weighted by Gasteiger charge is 2.25. The largest absolute Gasteiger partial charge is 0.493 e. The lowest BCUT2D eigenvalue weighted by atomic mass is 10.0. The van der Waals surface area contributed by atoms with Gasteiger partial charge in [-0.05, 0) is 35.9 Å². The zero-order chi connectivity index (χ0) is 21.3. The number of aliphatic carboxylic acids is 1. The third kappa shape index (κ3) is 6.24. The molecule has 30 heavy (non-hydrogen) atoms. The molecule has 1 unspecified atom stereocenters. The van der Waals surface area contributed by atoms with Crippen LogP contribution in [0.4, 0.5) is 0 Å². The van der Waals surface area contributed by atoms with Crippen molar-refractivity contribution >= 4 is 40.5 Å². The number of aliphatic hydroxyl groups is 1. The molecule has 6 nitrogen and oxygen atoms in total. The van der Waals surface area contributed by atoms with Crippen molar-refractivity contribution in [2.45, 2.75) is 50.5 Å². The number of unbranched alkanes of at least 4 members (excludes halogenated alkanes) is 5. The molecule has 1 aliphatic rings. The number of fused-ring (bicyclic) bond motifs is 1. The van der Waals surface area contributed by atoms with Crippen LogP contribution in [-0.4, -0.2) is 34.3 Å². The number of carboxylic acids is 1. The van der Waals surface area contributed by atoms with E-state index in [1.807, 2.05) is 36.4 Å². The monoisotopic (exact) mass is 429 g/mol. The summed E-state index contributed by atoms with van der Waals surface area (Å²) in [6.07, 6.45) is 7.92. The van der Waals surface area contributed by atoms with Crippen LogP contribution >= 0.6 is 11.8 Å². The molecule has 2 aromatic rings. The summed E-state index contributed by atoms with van der Waals surface area (Å²) in [4.78, 5) is 22.9. The predicted molar refractivity (Wildman–Crippen MR) is 119 cm³/mol. The second-order valence-corrected chi connectivity index (χ2v) is 8.39. The van der Waals surface area contributed by atoms with Crippen LogP contribution in [0.1, 0.15) is 50.5 Å². The SMILES string of the molecule is O=C(O)CCCCCCCCOc1ccc(/C=C2\SC(O)NC2=O)c2ccccc12. The lowest BCUT2D eigenvalue weighted by molar-refractivity contribution is -0.137. The van der Waals surface area contributed by atoms with Crippen LogP contribution in [0, 0.1) is 0 Å². The number of benzene rings is 2. The first-order valence-electron chi connectivity index (χ1n) is 10.3. The van der Waals surface area contributed by atoms with Crippen LogP contribution in [0.2, 0.25) is 0 Å². The minimum Gasteiger partial charge on any atom is -0.493 e. The average molecular weight is 430 g/mol. The quantitative estimate of drug-likeness (QED) is 0.359. The van der Waals surface area contributed by atoms with Crippen LogP contribution in [-0.2, 0) is 9.59 Å². The zero-order valence-electron chi connectivity index (χ0n) is 16.8. The van der Waals surface area contributed by atoms with E-state index in [2.05, 4.69) is 5.32 Å². The van der Waals surface area contributed by atoms with Crippen molar-refractivity contribution < 1.29 is 24.5 Å². The average Bonchev–Trinajstić information content (AvgIpc) is 3.04. The molecule has 0 bridgehead atoms. The first kappa shape index (κ1) is 22.2. The normalized spacial score (nSPS) is 17.4. The minimum absolute atomic E-state index is 0.257. The number of thioether (sulfide) groups is 1. The van der Waals surface area contributed by atoms with Gasteiger partial charge < -0.3 is 20.3 Å². The smallest absolute Gasteiger partial charge is 0.303 e. The number of rotatable bonds is 11. The zero-order valence-corrected chi connectivity index (χ0v) is 17.6. The molecule has 0 aromatic heterocycles. The maximum Gasteiger partial charge on any atom is 0.303 e. The Hall–Kier alpha value is -2.51. The summed E-state index contributed by atoms with van der Waals surface area (Å²) in [6.45, 7) is 0.629. The number of hydrogen-bond donors (Lipinski definition) is 3. The molecule has 0 radical (unpaired) electrons. The Morgan fingerprint density at radius 2 is 1.73 bits per heavy atom. The van der Waals surface area contributed by atoms with Crippen molar-refractivity contribution in [3.05, 3.63) is 46.9 Å². The molecular weight excluding hydrogens is 402 g/mol. The molecular formula is C23H27NO5S. The molecule has 1 amide bonds. The van der Waals surface area contributed by atoms with Gasteiger partial charge in [-0.1, -0.05) is 67.8 Å². The summed E-state index contributed by atoms with van der Waals surface area (Å²) < 4.78 is 6.02. The standard InChI is InChI=1S/C23H27NO5S/c25-21(26)11-5-3-1-2-4-8-14-29-19-13-12-16(17-9-6-7-10-18(17)19)15-20-22(27)24-23(28)30-20/h6-7,9-10,12-13,15,23,28H,1-5,8,11,14H2,(H,24,27)(H,25,26)/b20-15-. The van der Waals surface area contributed by atoms with E-state index < -0.39 is 11.5 Å². The number of carboxylic acid groups (broad SMARTS) is 1. The van der Waals surface area contributed by atoms with Gasteiger partial charge in [-0.2, -0.15) is 0 Å². The molecule has 160 valence electrons. The van der Waals surface area contributed by atoms with Crippen molar-refractivity contribution in [1.29, 1.82) is 0 Å². The summed E-state index contributed by atoms with van der Waals surface area (Å²) in [7, 11) is 0. The second-order valence-electron chi connectivity index (χ2n) is 7.26. The molecule has 1 fully saturated rings. The number of carbonyl (C=O) groups excluding carboxylic acids is 1. The summed E-state index contributed by atoms with van der Waals surface area (Å²) in [5.74, 6) is -0.168.